The molecule has 0 fully saturated rings. The molecule has 0 aliphatic carbocycles. The zero-order valence-corrected chi connectivity index (χ0v) is 14.9. The van der Waals surface area contributed by atoms with Gasteiger partial charge in [-0.1, -0.05) is 13.8 Å². The molecule has 0 aliphatic heterocycles. The lowest BCUT2D eigenvalue weighted by atomic mass is 10.1. The van der Waals surface area contributed by atoms with E-state index in [-0.39, 0.29) is 0 Å². The minimum Gasteiger partial charge on any atom is -0.372 e. The summed E-state index contributed by atoms with van der Waals surface area (Å²) in [7, 11) is 1.89. The third kappa shape index (κ3) is 2.85. The standard InChI is InChI=1S/C12H13BrIN3S/c1-6(2)10-9(14)12(15-3)17-11(16-10)8-4-7(13)5-18-8/h4-6H,1-3H3,(H,15,16,17). The van der Waals surface area contributed by atoms with Crippen LogP contribution < -0.4 is 5.32 Å². The predicted molar refractivity (Wildman–Crippen MR) is 89.4 cm³/mol. The Hall–Kier alpha value is -0.210. The van der Waals surface area contributed by atoms with E-state index >= 15 is 0 Å². The highest BCUT2D eigenvalue weighted by Crippen LogP contribution is 2.32. The smallest absolute Gasteiger partial charge is 0.171 e. The molecule has 0 atom stereocenters. The highest BCUT2D eigenvalue weighted by Gasteiger charge is 2.15. The molecule has 18 heavy (non-hydrogen) atoms. The molecule has 0 saturated carbocycles. The number of nitrogens with zero attached hydrogens (tertiary/aromatic N) is 2. The fourth-order valence-electron chi connectivity index (χ4n) is 1.55. The van der Waals surface area contributed by atoms with Gasteiger partial charge in [0.15, 0.2) is 5.82 Å². The molecule has 0 spiro atoms. The van der Waals surface area contributed by atoms with Crippen LogP contribution in [0.2, 0.25) is 0 Å². The van der Waals surface area contributed by atoms with Gasteiger partial charge in [-0.25, -0.2) is 9.97 Å². The molecule has 0 aliphatic rings. The first-order chi connectivity index (χ1) is 8.52. The van der Waals surface area contributed by atoms with Crippen LogP contribution in [0.3, 0.4) is 0 Å². The van der Waals surface area contributed by atoms with Crippen molar-refractivity contribution in [3.05, 3.63) is 25.2 Å². The molecule has 2 heterocycles. The molecule has 0 unspecified atom stereocenters. The highest BCUT2D eigenvalue weighted by molar-refractivity contribution is 14.1. The summed E-state index contributed by atoms with van der Waals surface area (Å²) in [6, 6.07) is 2.05. The second-order valence-electron chi connectivity index (χ2n) is 4.13. The fraction of sp³-hybridized carbons (Fsp3) is 0.333. The normalized spacial score (nSPS) is 11.0. The van der Waals surface area contributed by atoms with Crippen molar-refractivity contribution >= 4 is 55.7 Å². The maximum atomic E-state index is 4.69. The van der Waals surface area contributed by atoms with Gasteiger partial charge >= 0.3 is 0 Å². The Kier molecular flexibility index (Phi) is 4.60. The molecule has 0 saturated heterocycles. The lowest BCUT2D eigenvalue weighted by Crippen LogP contribution is -2.06. The molecule has 2 aromatic heterocycles. The number of halogens is 2. The van der Waals surface area contributed by atoms with Gasteiger partial charge in [0, 0.05) is 16.9 Å². The van der Waals surface area contributed by atoms with E-state index in [4.69, 9.17) is 4.98 Å². The zero-order chi connectivity index (χ0) is 13.3. The minimum absolute atomic E-state index is 0.383. The van der Waals surface area contributed by atoms with Crippen molar-refractivity contribution in [1.82, 2.24) is 9.97 Å². The van der Waals surface area contributed by atoms with Crippen LogP contribution in [0.4, 0.5) is 5.82 Å². The maximum absolute atomic E-state index is 4.69. The SMILES string of the molecule is CNc1nc(-c2cc(Br)cs2)nc(C(C)C)c1I. The summed E-state index contributed by atoms with van der Waals surface area (Å²) in [4.78, 5) is 10.4. The third-order valence-corrected chi connectivity index (χ3v) is 5.20. The largest absolute Gasteiger partial charge is 0.372 e. The van der Waals surface area contributed by atoms with Gasteiger partial charge < -0.3 is 5.32 Å². The second kappa shape index (κ2) is 5.83. The summed E-state index contributed by atoms with van der Waals surface area (Å²) < 4.78 is 2.17. The molecule has 0 aromatic carbocycles. The average molecular weight is 438 g/mol. The summed E-state index contributed by atoms with van der Waals surface area (Å²) in [5, 5.41) is 5.19. The van der Waals surface area contributed by atoms with Crippen LogP contribution in [-0.2, 0) is 0 Å². The molecule has 2 rings (SSSR count). The zero-order valence-electron chi connectivity index (χ0n) is 10.3. The Morgan fingerprint density at radius 1 is 1.39 bits per heavy atom. The van der Waals surface area contributed by atoms with Gasteiger partial charge in [-0.2, -0.15) is 0 Å². The number of nitrogens with one attached hydrogen (secondary N) is 1. The topological polar surface area (TPSA) is 37.8 Å². The molecular formula is C12H13BrIN3S. The first kappa shape index (κ1) is 14.2. The Balaban J connectivity index is 2.58. The van der Waals surface area contributed by atoms with Gasteiger partial charge in [-0.3, -0.25) is 0 Å². The van der Waals surface area contributed by atoms with Crippen LogP contribution in [0.1, 0.15) is 25.5 Å². The highest BCUT2D eigenvalue weighted by atomic mass is 127. The number of anilines is 1. The molecule has 96 valence electrons. The van der Waals surface area contributed by atoms with Crippen molar-refractivity contribution in [1.29, 1.82) is 0 Å². The molecule has 0 radical (unpaired) electrons. The number of hydrogen-bond acceptors (Lipinski definition) is 4. The molecule has 1 N–H and O–H groups in total. The van der Waals surface area contributed by atoms with Gasteiger partial charge in [-0.05, 0) is 50.5 Å². The minimum atomic E-state index is 0.383. The lowest BCUT2D eigenvalue weighted by molar-refractivity contribution is 0.810. The molecule has 6 heteroatoms. The predicted octanol–water partition coefficient (Wildman–Crippen LogP) is 4.74. The van der Waals surface area contributed by atoms with E-state index in [1.165, 1.54) is 0 Å². The van der Waals surface area contributed by atoms with E-state index in [0.717, 1.165) is 30.3 Å². The Morgan fingerprint density at radius 2 is 2.11 bits per heavy atom. The maximum Gasteiger partial charge on any atom is 0.171 e. The van der Waals surface area contributed by atoms with Crippen molar-refractivity contribution in [2.75, 3.05) is 12.4 Å². The quantitative estimate of drug-likeness (QED) is 0.705. The van der Waals surface area contributed by atoms with Crippen molar-refractivity contribution in [3.63, 3.8) is 0 Å². The summed E-state index contributed by atoms with van der Waals surface area (Å²) in [6.07, 6.45) is 0. The molecule has 2 aromatic rings. The van der Waals surface area contributed by atoms with Gasteiger partial charge in [0.05, 0.1) is 14.1 Å². The van der Waals surface area contributed by atoms with Gasteiger partial charge in [0.25, 0.3) is 0 Å². The second-order valence-corrected chi connectivity index (χ2v) is 7.03. The van der Waals surface area contributed by atoms with Crippen LogP contribution in [0.15, 0.2) is 15.9 Å². The van der Waals surface area contributed by atoms with Crippen LogP contribution in [0.25, 0.3) is 10.7 Å². The van der Waals surface area contributed by atoms with Crippen LogP contribution >= 0.6 is 49.9 Å². The molecule has 0 amide bonds. The van der Waals surface area contributed by atoms with Crippen molar-refractivity contribution in [3.8, 4) is 10.7 Å². The van der Waals surface area contributed by atoms with Crippen LogP contribution in [0.5, 0.6) is 0 Å². The number of aromatic nitrogens is 2. The van der Waals surface area contributed by atoms with Crippen molar-refractivity contribution in [2.45, 2.75) is 19.8 Å². The molecule has 3 nitrogen and oxygen atoms in total. The van der Waals surface area contributed by atoms with E-state index < -0.39 is 0 Å². The average Bonchev–Trinajstić information content (AvgIpc) is 2.76. The van der Waals surface area contributed by atoms with E-state index in [2.05, 4.69) is 68.7 Å². The van der Waals surface area contributed by atoms with E-state index in [0.29, 0.717) is 5.92 Å². The third-order valence-electron chi connectivity index (χ3n) is 2.45. The summed E-state index contributed by atoms with van der Waals surface area (Å²) in [5.74, 6) is 2.07. The van der Waals surface area contributed by atoms with Crippen LogP contribution in [0, 0.1) is 3.57 Å². The Morgan fingerprint density at radius 3 is 2.61 bits per heavy atom. The van der Waals surface area contributed by atoms with Gasteiger partial charge in [0.1, 0.15) is 5.82 Å². The summed E-state index contributed by atoms with van der Waals surface area (Å²) in [6.45, 7) is 4.30. The Bertz CT molecular complexity index is 568. The van der Waals surface area contributed by atoms with Crippen molar-refractivity contribution < 1.29 is 0 Å². The van der Waals surface area contributed by atoms with Gasteiger partial charge in [0.2, 0.25) is 0 Å². The van der Waals surface area contributed by atoms with E-state index in [1.54, 1.807) is 11.3 Å². The number of thiophene rings is 1. The fourth-order valence-corrected chi connectivity index (χ4v) is 4.05. The Labute approximate surface area is 133 Å². The number of rotatable bonds is 3. The van der Waals surface area contributed by atoms with Crippen LogP contribution in [-0.4, -0.2) is 17.0 Å². The van der Waals surface area contributed by atoms with E-state index in [1.807, 2.05) is 12.4 Å². The summed E-state index contributed by atoms with van der Waals surface area (Å²) >= 11 is 7.41. The van der Waals surface area contributed by atoms with Gasteiger partial charge in [-0.15, -0.1) is 11.3 Å². The number of hydrogen-bond donors (Lipinski definition) is 1. The molecule has 0 bridgehead atoms. The lowest BCUT2D eigenvalue weighted by Gasteiger charge is -2.12. The summed E-state index contributed by atoms with van der Waals surface area (Å²) in [5.41, 5.74) is 1.09. The monoisotopic (exact) mass is 437 g/mol. The van der Waals surface area contributed by atoms with E-state index in [9.17, 15) is 0 Å². The first-order valence-electron chi connectivity index (χ1n) is 5.52. The first-order valence-corrected chi connectivity index (χ1v) is 8.27. The van der Waals surface area contributed by atoms with Crippen molar-refractivity contribution in [2.24, 2.45) is 0 Å². The molecular weight excluding hydrogens is 425 g/mol.